The average Bonchev–Trinajstić information content (AvgIpc) is 3.28. The van der Waals surface area contributed by atoms with Gasteiger partial charge in [0.2, 0.25) is 0 Å². The number of hydrogen-bond donors (Lipinski definition) is 3. The topological polar surface area (TPSA) is 106 Å². The van der Waals surface area contributed by atoms with Crippen LogP contribution in [0.3, 0.4) is 0 Å². The van der Waals surface area contributed by atoms with Crippen molar-refractivity contribution in [2.24, 2.45) is 5.73 Å². The molecule has 7 nitrogen and oxygen atoms in total. The van der Waals surface area contributed by atoms with Gasteiger partial charge in [-0.1, -0.05) is 20.8 Å². The van der Waals surface area contributed by atoms with Crippen molar-refractivity contribution < 1.29 is 14.3 Å². The normalized spacial score (nSPS) is 13.6. The molecule has 1 amide bonds. The molecule has 0 aliphatic heterocycles. The number of nitrogens with one attached hydrogen (secondary N) is 1. The number of nitrogens with zero attached hydrogens (tertiary/aromatic N) is 2. The maximum absolute atomic E-state index is 11.5. The number of nitrogens with two attached hydrogens (primary N) is 1. The van der Waals surface area contributed by atoms with Gasteiger partial charge in [0.1, 0.15) is 11.4 Å². The number of primary amides is 1. The van der Waals surface area contributed by atoms with Crippen LogP contribution in [0.2, 0.25) is 18.1 Å². The number of imidazole rings is 1. The molecule has 3 rings (SSSR count). The Kier molecular flexibility index (Phi) is 6.10. The molecule has 0 aliphatic carbocycles. The van der Waals surface area contributed by atoms with Crippen molar-refractivity contribution in [1.29, 1.82) is 0 Å². The van der Waals surface area contributed by atoms with Gasteiger partial charge in [0.05, 0.1) is 19.0 Å². The first-order valence-electron chi connectivity index (χ1n) is 10.2. The van der Waals surface area contributed by atoms with E-state index < -0.39 is 14.2 Å². The Bertz CT molecular complexity index is 1030. The predicted octanol–water partition coefficient (Wildman–Crippen LogP) is 4.36. The molecular weight excluding hydrogens is 396 g/mol. The van der Waals surface area contributed by atoms with Crippen molar-refractivity contribution >= 4 is 25.1 Å². The summed E-state index contributed by atoms with van der Waals surface area (Å²) in [5.41, 5.74) is 7.77. The number of carbonyl (C=O) groups is 1. The second-order valence-corrected chi connectivity index (χ2v) is 14.2. The van der Waals surface area contributed by atoms with E-state index in [9.17, 15) is 9.90 Å². The van der Waals surface area contributed by atoms with Crippen molar-refractivity contribution in [3.8, 4) is 5.75 Å². The largest absolute Gasteiger partial charge is 0.508 e. The molecule has 4 N–H and O–H groups in total. The summed E-state index contributed by atoms with van der Waals surface area (Å²) in [6, 6.07) is 5.35. The monoisotopic (exact) mass is 428 g/mol. The molecule has 0 bridgehead atoms. The van der Waals surface area contributed by atoms with Gasteiger partial charge in [-0.3, -0.25) is 4.79 Å². The van der Waals surface area contributed by atoms with Crippen LogP contribution >= 0.6 is 0 Å². The summed E-state index contributed by atoms with van der Waals surface area (Å²) in [6.45, 7) is 11.7. The lowest BCUT2D eigenvalue weighted by molar-refractivity contribution is 0.0995. The highest BCUT2D eigenvalue weighted by Gasteiger charge is 2.37. The van der Waals surface area contributed by atoms with Crippen molar-refractivity contribution in [2.45, 2.75) is 57.8 Å². The number of aryl methyl sites for hydroxylation is 1. The van der Waals surface area contributed by atoms with Gasteiger partial charge in [0, 0.05) is 23.3 Å². The highest BCUT2D eigenvalue weighted by Crippen LogP contribution is 2.37. The molecule has 0 fully saturated rings. The zero-order valence-corrected chi connectivity index (χ0v) is 19.4. The van der Waals surface area contributed by atoms with Crippen LogP contribution in [0.15, 0.2) is 36.9 Å². The molecule has 0 aliphatic rings. The van der Waals surface area contributed by atoms with E-state index in [0.29, 0.717) is 6.61 Å². The molecule has 0 saturated heterocycles. The lowest BCUT2D eigenvalue weighted by atomic mass is 10.0. The quantitative estimate of drug-likeness (QED) is 0.463. The number of rotatable bonds is 8. The van der Waals surface area contributed by atoms with Crippen molar-refractivity contribution in [2.75, 3.05) is 6.61 Å². The number of benzene rings is 1. The van der Waals surface area contributed by atoms with E-state index in [4.69, 9.17) is 10.2 Å². The summed E-state index contributed by atoms with van der Waals surface area (Å²) in [4.78, 5) is 18.9. The fourth-order valence-corrected chi connectivity index (χ4v) is 4.24. The first kappa shape index (κ1) is 22.1. The fraction of sp³-hybridized carbons (Fsp3) is 0.455. The second-order valence-electron chi connectivity index (χ2n) is 9.38. The van der Waals surface area contributed by atoms with Gasteiger partial charge in [-0.15, -0.1) is 0 Å². The fourth-order valence-electron chi connectivity index (χ4n) is 3.20. The molecule has 0 spiro atoms. The Morgan fingerprint density at radius 3 is 2.73 bits per heavy atom. The van der Waals surface area contributed by atoms with E-state index in [1.165, 1.54) is 0 Å². The molecule has 0 unspecified atom stereocenters. The number of carbonyl (C=O) groups excluding carboxylic acids is 1. The molecule has 2 aromatic heterocycles. The van der Waals surface area contributed by atoms with Gasteiger partial charge >= 0.3 is 0 Å². The molecule has 3 aromatic rings. The average molecular weight is 429 g/mol. The Labute approximate surface area is 178 Å². The highest BCUT2D eigenvalue weighted by atomic mass is 28.4. The van der Waals surface area contributed by atoms with Gasteiger partial charge in [0.25, 0.3) is 5.91 Å². The maximum Gasteiger partial charge on any atom is 0.268 e. The minimum Gasteiger partial charge on any atom is -0.508 e. The number of phenolic OH excluding ortho intramolecular Hbond substituents is 1. The van der Waals surface area contributed by atoms with Crippen LogP contribution in [0.4, 0.5) is 0 Å². The third-order valence-electron chi connectivity index (χ3n) is 6.22. The van der Waals surface area contributed by atoms with E-state index in [-0.39, 0.29) is 22.5 Å². The highest BCUT2D eigenvalue weighted by molar-refractivity contribution is 6.74. The molecule has 1 atom stereocenters. The number of aromatic hydroxyl groups is 1. The number of amides is 1. The van der Waals surface area contributed by atoms with Gasteiger partial charge in [-0.05, 0) is 54.7 Å². The van der Waals surface area contributed by atoms with Gasteiger partial charge in [0.15, 0.2) is 8.32 Å². The lowest BCUT2D eigenvalue weighted by Crippen LogP contribution is -2.42. The first-order chi connectivity index (χ1) is 14.0. The zero-order valence-electron chi connectivity index (χ0n) is 18.4. The molecule has 162 valence electrons. The number of aromatic nitrogens is 3. The minimum atomic E-state index is -1.93. The Balaban J connectivity index is 1.81. The third-order valence-corrected chi connectivity index (χ3v) is 10.7. The van der Waals surface area contributed by atoms with E-state index in [2.05, 4.69) is 43.8 Å². The van der Waals surface area contributed by atoms with Crippen LogP contribution in [0.5, 0.6) is 5.75 Å². The smallest absolute Gasteiger partial charge is 0.268 e. The molecule has 0 saturated carbocycles. The molecule has 8 heteroatoms. The summed E-state index contributed by atoms with van der Waals surface area (Å²) < 4.78 is 8.41. The van der Waals surface area contributed by atoms with E-state index in [0.717, 1.165) is 29.3 Å². The predicted molar refractivity (Wildman–Crippen MR) is 121 cm³/mol. The number of fused-ring (bicyclic) bond motifs is 1. The Hall–Kier alpha value is -2.58. The van der Waals surface area contributed by atoms with Crippen molar-refractivity contribution in [3.05, 3.63) is 48.2 Å². The summed E-state index contributed by atoms with van der Waals surface area (Å²) in [7, 11) is -1.93. The first-order valence-corrected chi connectivity index (χ1v) is 13.1. The van der Waals surface area contributed by atoms with E-state index >= 15 is 0 Å². The van der Waals surface area contributed by atoms with E-state index in [1.54, 1.807) is 24.7 Å². The van der Waals surface area contributed by atoms with Crippen LogP contribution in [0.1, 0.15) is 49.3 Å². The summed E-state index contributed by atoms with van der Waals surface area (Å²) in [5, 5.41) is 11.0. The van der Waals surface area contributed by atoms with Gasteiger partial charge in [-0.2, -0.15) is 0 Å². The summed E-state index contributed by atoms with van der Waals surface area (Å²) >= 11 is 0. The van der Waals surface area contributed by atoms with Crippen LogP contribution in [-0.2, 0) is 10.8 Å². The molecule has 1 aromatic carbocycles. The number of phenols is 1. The Morgan fingerprint density at radius 1 is 1.37 bits per heavy atom. The van der Waals surface area contributed by atoms with Gasteiger partial charge in [-0.25, -0.2) is 4.98 Å². The lowest BCUT2D eigenvalue weighted by Gasteiger charge is -2.37. The molecule has 0 radical (unpaired) electrons. The van der Waals surface area contributed by atoms with Crippen LogP contribution in [0, 0.1) is 0 Å². The second kappa shape index (κ2) is 8.27. The molecule has 2 heterocycles. The van der Waals surface area contributed by atoms with Crippen molar-refractivity contribution in [1.82, 2.24) is 14.5 Å². The summed E-state index contributed by atoms with van der Waals surface area (Å²) in [5.74, 6) is -0.285. The third kappa shape index (κ3) is 4.76. The zero-order chi connectivity index (χ0) is 22.1. The number of H-pyrrole nitrogens is 1. The molecule has 30 heavy (non-hydrogen) atoms. The number of hydrogen-bond acceptors (Lipinski definition) is 4. The van der Waals surface area contributed by atoms with Crippen LogP contribution < -0.4 is 5.73 Å². The van der Waals surface area contributed by atoms with Crippen LogP contribution in [-0.4, -0.2) is 40.5 Å². The van der Waals surface area contributed by atoms with E-state index in [1.807, 2.05) is 16.8 Å². The van der Waals surface area contributed by atoms with Crippen LogP contribution in [0.25, 0.3) is 10.9 Å². The maximum atomic E-state index is 11.5. The SMILES string of the molecule is CC(C)(C)[Si](C)(C)OC[C@@H](CCc1c[nH]c2ccc(O)cc12)n1cnc(C(N)=O)c1. The van der Waals surface area contributed by atoms with Crippen molar-refractivity contribution in [3.63, 3.8) is 0 Å². The molecular formula is C22H32N4O3Si. The Morgan fingerprint density at radius 2 is 2.10 bits per heavy atom. The minimum absolute atomic E-state index is 0.0157. The summed E-state index contributed by atoms with van der Waals surface area (Å²) in [6.07, 6.45) is 6.92. The number of aromatic amines is 1. The standard InChI is InChI=1S/C22H32N4O3Si/c1-22(2,3)30(4,5)29-13-16(26-12-20(21(23)28)25-14-26)7-6-15-11-24-19-9-8-17(27)10-18(15)19/h8-12,14,16,24,27H,6-7,13H2,1-5H3,(H2,23,28)/t16-/m1/s1. The van der Waals surface area contributed by atoms with Gasteiger partial charge < -0.3 is 24.8 Å².